The van der Waals surface area contributed by atoms with E-state index in [4.69, 9.17) is 15.2 Å². The van der Waals surface area contributed by atoms with E-state index in [2.05, 4.69) is 20.8 Å². The SMILES string of the molecule is CCCOc1cc(N)cc(OC2CC(C)CC(C)C2)c1. The Bertz CT molecular complexity index is 423. The molecule has 20 heavy (non-hydrogen) atoms. The molecule has 2 rings (SSSR count). The molecule has 2 atom stereocenters. The highest BCUT2D eigenvalue weighted by Crippen LogP contribution is 2.33. The summed E-state index contributed by atoms with van der Waals surface area (Å²) < 4.78 is 11.8. The van der Waals surface area contributed by atoms with E-state index in [9.17, 15) is 0 Å². The first kappa shape index (κ1) is 15.0. The van der Waals surface area contributed by atoms with Gasteiger partial charge in [-0.05, 0) is 37.5 Å². The summed E-state index contributed by atoms with van der Waals surface area (Å²) in [6, 6.07) is 5.70. The predicted octanol–water partition coefficient (Wildman–Crippen LogP) is 4.26. The summed E-state index contributed by atoms with van der Waals surface area (Å²) >= 11 is 0. The summed E-state index contributed by atoms with van der Waals surface area (Å²) in [7, 11) is 0. The number of anilines is 1. The molecule has 0 amide bonds. The zero-order valence-electron chi connectivity index (χ0n) is 12.9. The molecule has 112 valence electrons. The second-order valence-corrected chi connectivity index (χ2v) is 6.24. The third-order valence-corrected chi connectivity index (χ3v) is 3.81. The first-order chi connectivity index (χ1) is 9.56. The Morgan fingerprint density at radius 3 is 2.35 bits per heavy atom. The Hall–Kier alpha value is -1.38. The molecule has 0 aliphatic heterocycles. The average Bonchev–Trinajstić information content (AvgIpc) is 2.34. The van der Waals surface area contributed by atoms with Crippen molar-refractivity contribution in [1.82, 2.24) is 0 Å². The fourth-order valence-corrected chi connectivity index (χ4v) is 3.13. The molecule has 0 heterocycles. The lowest BCUT2D eigenvalue weighted by molar-refractivity contribution is 0.101. The number of ether oxygens (including phenoxy) is 2. The highest BCUT2D eigenvalue weighted by atomic mass is 16.5. The van der Waals surface area contributed by atoms with Gasteiger partial charge in [-0.2, -0.15) is 0 Å². The van der Waals surface area contributed by atoms with E-state index in [1.807, 2.05) is 18.2 Å². The normalized spacial score (nSPS) is 26.2. The number of nitrogen functional groups attached to an aromatic ring is 1. The standard InChI is InChI=1S/C17H27NO2/c1-4-5-19-15-9-14(18)10-17(11-15)20-16-7-12(2)6-13(3)8-16/h9-13,16H,4-8,18H2,1-3H3. The van der Waals surface area contributed by atoms with Crippen molar-refractivity contribution in [3.05, 3.63) is 18.2 Å². The van der Waals surface area contributed by atoms with E-state index in [1.165, 1.54) is 6.42 Å². The average molecular weight is 277 g/mol. The van der Waals surface area contributed by atoms with Gasteiger partial charge in [-0.1, -0.05) is 20.8 Å². The van der Waals surface area contributed by atoms with Gasteiger partial charge in [0.2, 0.25) is 0 Å². The molecule has 1 saturated carbocycles. The lowest BCUT2D eigenvalue weighted by Crippen LogP contribution is -2.28. The summed E-state index contributed by atoms with van der Waals surface area (Å²) in [4.78, 5) is 0. The number of hydrogen-bond acceptors (Lipinski definition) is 3. The van der Waals surface area contributed by atoms with Crippen LogP contribution in [0.25, 0.3) is 0 Å². The summed E-state index contributed by atoms with van der Waals surface area (Å²) in [6.07, 6.45) is 4.85. The molecule has 1 aromatic rings. The van der Waals surface area contributed by atoms with Gasteiger partial charge in [0, 0.05) is 23.9 Å². The monoisotopic (exact) mass is 277 g/mol. The third-order valence-electron chi connectivity index (χ3n) is 3.81. The lowest BCUT2D eigenvalue weighted by Gasteiger charge is -2.31. The van der Waals surface area contributed by atoms with Gasteiger partial charge < -0.3 is 15.2 Å². The summed E-state index contributed by atoms with van der Waals surface area (Å²) in [5.41, 5.74) is 6.63. The molecule has 0 aromatic heterocycles. The smallest absolute Gasteiger partial charge is 0.125 e. The minimum absolute atomic E-state index is 0.301. The highest BCUT2D eigenvalue weighted by Gasteiger charge is 2.25. The fourth-order valence-electron chi connectivity index (χ4n) is 3.13. The Labute approximate surface area is 122 Å². The number of benzene rings is 1. The van der Waals surface area contributed by atoms with Crippen LogP contribution in [0.5, 0.6) is 11.5 Å². The second-order valence-electron chi connectivity index (χ2n) is 6.24. The lowest BCUT2D eigenvalue weighted by atomic mass is 9.82. The second kappa shape index (κ2) is 6.87. The molecular weight excluding hydrogens is 250 g/mol. The van der Waals surface area contributed by atoms with Crippen molar-refractivity contribution in [3.8, 4) is 11.5 Å². The molecule has 2 N–H and O–H groups in total. The molecule has 0 spiro atoms. The Balaban J connectivity index is 2.02. The zero-order valence-corrected chi connectivity index (χ0v) is 12.9. The molecule has 1 aromatic carbocycles. The van der Waals surface area contributed by atoms with Gasteiger partial charge in [0.1, 0.15) is 11.5 Å². The Morgan fingerprint density at radius 1 is 1.05 bits per heavy atom. The maximum absolute atomic E-state index is 6.14. The van der Waals surface area contributed by atoms with Crippen LogP contribution in [-0.4, -0.2) is 12.7 Å². The predicted molar refractivity (Wildman–Crippen MR) is 83.2 cm³/mol. The molecule has 2 unspecified atom stereocenters. The Morgan fingerprint density at radius 2 is 1.70 bits per heavy atom. The van der Waals surface area contributed by atoms with E-state index in [0.29, 0.717) is 18.4 Å². The van der Waals surface area contributed by atoms with E-state index >= 15 is 0 Å². The third kappa shape index (κ3) is 4.32. The Kier molecular flexibility index (Phi) is 5.16. The largest absolute Gasteiger partial charge is 0.493 e. The van der Waals surface area contributed by atoms with Crippen molar-refractivity contribution in [2.45, 2.75) is 52.6 Å². The van der Waals surface area contributed by atoms with Crippen molar-refractivity contribution < 1.29 is 9.47 Å². The molecule has 1 fully saturated rings. The van der Waals surface area contributed by atoms with Crippen molar-refractivity contribution in [3.63, 3.8) is 0 Å². The summed E-state index contributed by atoms with van der Waals surface area (Å²) in [6.45, 7) is 7.41. The van der Waals surface area contributed by atoms with Crippen LogP contribution >= 0.6 is 0 Å². The van der Waals surface area contributed by atoms with Crippen LogP contribution < -0.4 is 15.2 Å². The van der Waals surface area contributed by atoms with Gasteiger partial charge >= 0.3 is 0 Å². The van der Waals surface area contributed by atoms with E-state index < -0.39 is 0 Å². The molecule has 0 radical (unpaired) electrons. The molecule has 3 heteroatoms. The molecule has 1 aliphatic carbocycles. The zero-order chi connectivity index (χ0) is 14.5. The van der Waals surface area contributed by atoms with E-state index in [-0.39, 0.29) is 0 Å². The molecule has 0 saturated heterocycles. The molecular formula is C17H27NO2. The quantitative estimate of drug-likeness (QED) is 0.818. The summed E-state index contributed by atoms with van der Waals surface area (Å²) in [5, 5.41) is 0. The van der Waals surface area contributed by atoms with E-state index in [0.717, 1.165) is 42.6 Å². The topological polar surface area (TPSA) is 44.5 Å². The van der Waals surface area contributed by atoms with Crippen LogP contribution in [0.4, 0.5) is 5.69 Å². The highest BCUT2D eigenvalue weighted by molar-refractivity contribution is 5.50. The van der Waals surface area contributed by atoms with Gasteiger partial charge in [0.15, 0.2) is 0 Å². The number of rotatable bonds is 5. The van der Waals surface area contributed by atoms with Crippen molar-refractivity contribution in [1.29, 1.82) is 0 Å². The van der Waals surface area contributed by atoms with E-state index in [1.54, 1.807) is 0 Å². The van der Waals surface area contributed by atoms with Crippen LogP contribution in [0.15, 0.2) is 18.2 Å². The van der Waals surface area contributed by atoms with Crippen LogP contribution in [0.1, 0.15) is 46.5 Å². The van der Waals surface area contributed by atoms with Gasteiger partial charge in [0.25, 0.3) is 0 Å². The molecule has 0 bridgehead atoms. The molecule has 1 aliphatic rings. The maximum atomic E-state index is 6.14. The maximum Gasteiger partial charge on any atom is 0.125 e. The van der Waals surface area contributed by atoms with Crippen LogP contribution in [0.2, 0.25) is 0 Å². The summed E-state index contributed by atoms with van der Waals surface area (Å²) in [5.74, 6) is 3.11. The van der Waals surface area contributed by atoms with Gasteiger partial charge in [0.05, 0.1) is 12.7 Å². The van der Waals surface area contributed by atoms with Gasteiger partial charge in [-0.25, -0.2) is 0 Å². The number of hydrogen-bond donors (Lipinski definition) is 1. The van der Waals surface area contributed by atoms with Gasteiger partial charge in [-0.3, -0.25) is 0 Å². The van der Waals surface area contributed by atoms with Gasteiger partial charge in [-0.15, -0.1) is 0 Å². The van der Waals surface area contributed by atoms with Crippen molar-refractivity contribution in [2.75, 3.05) is 12.3 Å². The molecule has 3 nitrogen and oxygen atoms in total. The minimum atomic E-state index is 0.301. The van der Waals surface area contributed by atoms with Crippen LogP contribution in [0.3, 0.4) is 0 Å². The van der Waals surface area contributed by atoms with Crippen molar-refractivity contribution >= 4 is 5.69 Å². The van der Waals surface area contributed by atoms with Crippen molar-refractivity contribution in [2.24, 2.45) is 11.8 Å². The fraction of sp³-hybridized carbons (Fsp3) is 0.647. The van der Waals surface area contributed by atoms with Crippen LogP contribution in [0, 0.1) is 11.8 Å². The first-order valence-electron chi connectivity index (χ1n) is 7.76. The number of nitrogens with two attached hydrogens (primary N) is 1. The first-order valence-corrected chi connectivity index (χ1v) is 7.76. The van der Waals surface area contributed by atoms with Crippen LogP contribution in [-0.2, 0) is 0 Å². The minimum Gasteiger partial charge on any atom is -0.493 e.